The summed E-state index contributed by atoms with van der Waals surface area (Å²) in [5.41, 5.74) is 20.9. The number of ketones is 3. The van der Waals surface area contributed by atoms with E-state index < -0.39 is 28.5 Å². The molecule has 0 radical (unpaired) electrons. The minimum Gasteiger partial charge on any atom is -0.870 e. The largest absolute Gasteiger partial charge is 1.00 e. The number of carboxylic acid groups (broad SMARTS) is 1. The maximum Gasteiger partial charge on any atom is 1.00 e. The maximum atomic E-state index is 13.8. The van der Waals surface area contributed by atoms with E-state index in [0.29, 0.717) is 77.2 Å². The van der Waals surface area contributed by atoms with Crippen LogP contribution in [-0.2, 0) is 33.0 Å². The van der Waals surface area contributed by atoms with Crippen molar-refractivity contribution >= 4 is 166 Å². The number of Topliss-reactive ketones (excluding diaryl/α,β-unsaturated/α-hetero) is 3. The van der Waals surface area contributed by atoms with E-state index in [1.165, 1.54) is 48.6 Å². The molecule has 27 heteroatoms. The number of para-hydroxylation sites is 4. The minimum atomic E-state index is -1.41. The van der Waals surface area contributed by atoms with Crippen molar-refractivity contribution in [2.24, 2.45) is 23.5 Å². The van der Waals surface area contributed by atoms with Gasteiger partial charge in [-0.1, -0.05) is 370 Å². The van der Waals surface area contributed by atoms with Crippen molar-refractivity contribution in [3.8, 4) is 33.8 Å². The molecule has 1 unspecified atom stereocenters. The van der Waals surface area contributed by atoms with Crippen molar-refractivity contribution in [1.29, 1.82) is 0 Å². The van der Waals surface area contributed by atoms with Crippen molar-refractivity contribution in [2.75, 3.05) is 60.9 Å². The van der Waals surface area contributed by atoms with Gasteiger partial charge in [-0.2, -0.15) is 18.0 Å². The van der Waals surface area contributed by atoms with Crippen LogP contribution in [-0.4, -0.2) is 126 Å². The van der Waals surface area contributed by atoms with Gasteiger partial charge in [0, 0.05) is 79.3 Å². The van der Waals surface area contributed by atoms with Crippen molar-refractivity contribution in [2.45, 2.75) is 129 Å². The molecule has 12 aromatic carbocycles. The summed E-state index contributed by atoms with van der Waals surface area (Å²) in [5.74, 6) is 0.472. The van der Waals surface area contributed by atoms with Gasteiger partial charge in [0.05, 0.1) is 100 Å². The number of aromatic carboxylic acids is 1. The van der Waals surface area contributed by atoms with Crippen LogP contribution in [0.3, 0.4) is 0 Å². The number of thioether (sulfide) groups is 3. The van der Waals surface area contributed by atoms with Crippen LogP contribution in [0.2, 0.25) is 0 Å². The van der Waals surface area contributed by atoms with E-state index in [1.807, 2.05) is 267 Å². The first-order chi connectivity index (χ1) is 65.5. The molecule has 3 aromatic heterocycles. The summed E-state index contributed by atoms with van der Waals surface area (Å²) >= 11 is 11.7. The molecule has 4 fully saturated rings. The van der Waals surface area contributed by atoms with Crippen LogP contribution in [0.25, 0.3) is 66.5 Å². The van der Waals surface area contributed by atoms with Crippen LogP contribution in [0.1, 0.15) is 193 Å². The number of hydrogen-bond donors (Lipinski definition) is 5. The van der Waals surface area contributed by atoms with Crippen molar-refractivity contribution < 1.29 is 112 Å². The number of fused-ring (bicyclic) bond motifs is 4. The van der Waals surface area contributed by atoms with Crippen LogP contribution >= 0.6 is 63.6 Å². The molecule has 20 rings (SSSR count). The Bertz CT molecular complexity index is 6470. The van der Waals surface area contributed by atoms with E-state index in [2.05, 4.69) is 110 Å². The first-order valence-electron chi connectivity index (χ1n) is 44.2. The number of nitrogens with zero attached hydrogens (tertiary/aromatic N) is 3. The molecule has 0 spiro atoms. The Morgan fingerprint density at radius 2 is 0.771 bits per heavy atom. The number of halogens is 2. The first kappa shape index (κ1) is 130. The van der Waals surface area contributed by atoms with E-state index in [1.54, 1.807) is 66.4 Å². The number of aromatic nitrogens is 3. The zero-order valence-corrected chi connectivity index (χ0v) is 88.6. The third kappa shape index (κ3) is 36.5. The quantitative estimate of drug-likeness (QED) is 0.0105. The Hall–Kier alpha value is -10.0. The van der Waals surface area contributed by atoms with Gasteiger partial charge in [0.15, 0.2) is 11.6 Å². The number of rotatable bonds is 22. The van der Waals surface area contributed by atoms with Crippen molar-refractivity contribution in [1.82, 2.24) is 25.6 Å². The summed E-state index contributed by atoms with van der Waals surface area (Å²) in [5, 5.41) is 21.4. The average molecular weight is 2140 g/mol. The molecule has 15 aromatic rings. The number of anilines is 1. The number of hydrogen-bond acceptors (Lipinski definition) is 18. The van der Waals surface area contributed by atoms with Gasteiger partial charge in [0.1, 0.15) is 0 Å². The number of alkyl halides is 1. The third-order valence-electron chi connectivity index (χ3n) is 22.5. The van der Waals surface area contributed by atoms with Gasteiger partial charge in [-0.25, -0.2) is 19.7 Å². The summed E-state index contributed by atoms with van der Waals surface area (Å²) in [7, 11) is -1.41. The number of nitrogens with one attached hydrogen (secondary N) is 3. The summed E-state index contributed by atoms with van der Waals surface area (Å²) in [6.07, 6.45) is 18.7. The fraction of sp³-hybridized carbons (Fsp3) is 0.248. The predicted molar refractivity (Wildman–Crippen MR) is 605 cm³/mol. The number of amides is 3. The monoisotopic (exact) mass is 2130 g/mol. The van der Waals surface area contributed by atoms with Gasteiger partial charge in [-0.15, -0.1) is 35.9 Å². The molecule has 2 aliphatic heterocycles. The SMILES string of the molecule is C.C.C.C.C.C.C1CCOC1.CS(=O)c1c(-c2ccccc2)nc2ccccc2c1C(=O)N[C@H](c1ccccc1)C1CC1.CSCC(=O)c1ccccc1.CSc1c(-c2ccccc2)nc2ccccc2c1C(=O)N[C@H](c1ccccc1)C1CC1.CSc1c(-c2ccccc2)nc2ccccc2c1C(=O)O.C[S-].Cl.N[C@H](c1ccccc1)C1CC1.O=C(CBr)c1ccccc1.O=C1Nc2ccccc2C1=O.[Na+].[Na+].[OH-]. The number of carbonyl (C=O) groups excluding carboxylic acids is 6. The second kappa shape index (κ2) is 67.7. The van der Waals surface area contributed by atoms with Crippen molar-refractivity contribution in [3.63, 3.8) is 0 Å². The smallest absolute Gasteiger partial charge is 0.870 e. The van der Waals surface area contributed by atoms with Crippen LogP contribution in [0.15, 0.2) is 354 Å². The Balaban J connectivity index is 0.000000579. The second-order valence-electron chi connectivity index (χ2n) is 31.8. The van der Waals surface area contributed by atoms with E-state index in [9.17, 15) is 42.9 Å². The molecule has 5 heterocycles. The van der Waals surface area contributed by atoms with Gasteiger partial charge in [0.25, 0.3) is 23.5 Å². The number of pyridine rings is 3. The van der Waals surface area contributed by atoms with Gasteiger partial charge < -0.3 is 49.6 Å². The standard InChI is InChI=1S/C27H24N2O2S.C27H24N2OS.C17H13NO2S.C10H13N.C9H10OS.C8H7BrO.C8H5NO2.C4H8O.CH4S.6CH4.ClH.2Na.H2O/c1-32(31)26-23(27(30)29-24(20-16-17-20)18-10-4-2-5-11-18)21-14-8-9-15-22(21)28-25(26)19-12-6-3-7-13-19;1-31-26-23(27(30)29-24(20-16-17-20)18-10-4-2-5-11-18)21-14-8-9-15-22(21)28-25(26)19-12-6-3-7-13-19;1-21-16-14(17(19)20)12-9-5-6-10-13(12)18-15(16)11-7-3-2-4-8-11;11-10(9-6-7-9)8-4-2-1-3-5-8;1-11-7-9(10)8-5-3-2-4-6-8;9-6-8(10)7-4-2-1-3-5-7;10-7-5-3-1-2-4-6(5)9-8(7)11;1-2-4-5-3-1;1-2;;;;;;;;;;/h2-15,20,24H,16-17H2,1H3,(H,29,30);2-15,20,24H,16-17H2,1H3,(H,29,30);2-10H,1H3,(H,19,20);1-5,9-10H,6-7,11H2;2-6H,7H2,1H3;1-5H,6H2;1-4H,(H,9,10,11);1-4H2;2H,1H3;6*1H4;1H;;;1H2/q;;;;;;;;;;;;;;;;2*+1;/p-2/t24-,32?;24-;;10-;;;;;;;;;;;;;;;/m11.1.............../s1. The summed E-state index contributed by atoms with van der Waals surface area (Å²) in [6, 6.07) is 109. The summed E-state index contributed by atoms with van der Waals surface area (Å²) in [4.78, 5) is 99.8. The van der Waals surface area contributed by atoms with E-state index in [4.69, 9.17) is 20.4 Å². The average Bonchev–Trinajstić information content (AvgIpc) is 1.02. The number of nitrogens with two attached hydrogens (primary N) is 1. The fourth-order valence-electron chi connectivity index (χ4n) is 15.4. The van der Waals surface area contributed by atoms with Gasteiger partial charge in [0.2, 0.25) is 0 Å². The minimum absolute atomic E-state index is 0. The maximum absolute atomic E-state index is 13.8. The molecule has 5 aliphatic rings. The third-order valence-corrected chi connectivity index (χ3v) is 26.1. The summed E-state index contributed by atoms with van der Waals surface area (Å²) < 4.78 is 17.9. The van der Waals surface area contributed by atoms with Gasteiger partial charge in [-0.05, 0) is 135 Å². The molecule has 1 saturated heterocycles. The molecule has 3 aliphatic carbocycles. The normalized spacial score (nSPS) is 12.9. The molecule has 748 valence electrons. The topological polar surface area (TPSA) is 297 Å². The van der Waals surface area contributed by atoms with Gasteiger partial charge in [-0.3, -0.25) is 33.0 Å². The Labute approximate surface area is 931 Å². The number of carboxylic acids is 1. The molecular formula is C117H133BrClN7Na2O11S5. The van der Waals surface area contributed by atoms with Gasteiger partial charge >= 0.3 is 65.1 Å². The van der Waals surface area contributed by atoms with Crippen LogP contribution in [0.5, 0.6) is 0 Å². The molecule has 144 heavy (non-hydrogen) atoms. The number of carbonyl (C=O) groups is 7. The fourth-order valence-corrected chi connectivity index (χ4v) is 18.6. The Morgan fingerprint density at radius 1 is 0.451 bits per heavy atom. The van der Waals surface area contributed by atoms with E-state index in [0.717, 1.165) is 116 Å². The zero-order valence-electron chi connectivity index (χ0n) is 78.1. The second-order valence-corrected chi connectivity index (χ2v) is 36.2. The molecular weight excluding hydrogens is 2000 g/mol. The van der Waals surface area contributed by atoms with Crippen molar-refractivity contribution in [3.05, 3.63) is 390 Å². The number of benzene rings is 12. The molecule has 0 bridgehead atoms. The van der Waals surface area contributed by atoms with Crippen LogP contribution in [0.4, 0.5) is 5.69 Å². The Morgan fingerprint density at radius 3 is 1.12 bits per heavy atom. The van der Waals surface area contributed by atoms with E-state index >= 15 is 0 Å². The first-order valence-corrected chi connectivity index (χ1v) is 51.6. The molecule has 7 N–H and O–H groups in total. The Kier molecular flexibility index (Phi) is 61.1. The molecule has 3 amide bonds. The van der Waals surface area contributed by atoms with E-state index in [-0.39, 0.29) is 163 Å². The molecule has 3 saturated carbocycles. The zero-order chi connectivity index (χ0) is 94.7. The number of ether oxygens (including phenoxy) is 1. The molecule has 4 atom stereocenters. The van der Waals surface area contributed by atoms with Crippen LogP contribution in [0, 0.1) is 17.8 Å². The summed E-state index contributed by atoms with van der Waals surface area (Å²) in [6.45, 7) is 2.00. The van der Waals surface area contributed by atoms with Crippen LogP contribution < -0.4 is 80.8 Å². The molecule has 18 nitrogen and oxygen atoms in total. The predicted octanol–water partition coefficient (Wildman–Crippen LogP) is 22.8.